The molecule has 3 rings (SSSR count). The summed E-state index contributed by atoms with van der Waals surface area (Å²) in [6.07, 6.45) is 5.60. The molecule has 1 saturated carbocycles. The van der Waals surface area contributed by atoms with Crippen molar-refractivity contribution >= 4 is 11.3 Å². The van der Waals surface area contributed by atoms with Gasteiger partial charge in [-0.15, -0.1) is 11.3 Å². The van der Waals surface area contributed by atoms with Gasteiger partial charge in [-0.1, -0.05) is 6.07 Å². The lowest BCUT2D eigenvalue weighted by Gasteiger charge is -2.38. The SMILES string of the molecule is CC(C)N(CC1CCCNC1)C(c1cccs1)C1CC1. The van der Waals surface area contributed by atoms with Gasteiger partial charge < -0.3 is 5.32 Å². The molecule has 0 radical (unpaired) electrons. The lowest BCUT2D eigenvalue weighted by molar-refractivity contribution is 0.106. The van der Waals surface area contributed by atoms with E-state index < -0.39 is 0 Å². The van der Waals surface area contributed by atoms with Crippen LogP contribution < -0.4 is 5.32 Å². The number of hydrogen-bond donors (Lipinski definition) is 1. The second-order valence-electron chi connectivity index (χ2n) is 6.80. The topological polar surface area (TPSA) is 15.3 Å². The third-order valence-corrected chi connectivity index (χ3v) is 5.73. The van der Waals surface area contributed by atoms with Crippen molar-refractivity contribution in [1.29, 1.82) is 0 Å². The van der Waals surface area contributed by atoms with Crippen molar-refractivity contribution in [1.82, 2.24) is 10.2 Å². The van der Waals surface area contributed by atoms with Gasteiger partial charge in [0.2, 0.25) is 0 Å². The van der Waals surface area contributed by atoms with Crippen molar-refractivity contribution in [3.8, 4) is 0 Å². The Labute approximate surface area is 127 Å². The molecule has 0 amide bonds. The number of thiophene rings is 1. The Balaban J connectivity index is 1.73. The minimum Gasteiger partial charge on any atom is -0.316 e. The van der Waals surface area contributed by atoms with Crippen LogP contribution in [0.3, 0.4) is 0 Å². The molecule has 1 N–H and O–H groups in total. The zero-order chi connectivity index (χ0) is 13.9. The Morgan fingerprint density at radius 3 is 2.75 bits per heavy atom. The molecule has 20 heavy (non-hydrogen) atoms. The van der Waals surface area contributed by atoms with Crippen LogP contribution >= 0.6 is 11.3 Å². The molecule has 0 aromatic carbocycles. The average Bonchev–Trinajstić information content (AvgIpc) is 3.14. The highest BCUT2D eigenvalue weighted by molar-refractivity contribution is 7.10. The molecule has 2 aliphatic rings. The Bertz CT molecular complexity index is 391. The van der Waals surface area contributed by atoms with Gasteiger partial charge in [0.15, 0.2) is 0 Å². The molecule has 2 nitrogen and oxygen atoms in total. The molecule has 0 spiro atoms. The summed E-state index contributed by atoms with van der Waals surface area (Å²) in [5.41, 5.74) is 0. The molecule has 2 fully saturated rings. The maximum absolute atomic E-state index is 3.57. The summed E-state index contributed by atoms with van der Waals surface area (Å²) in [4.78, 5) is 4.38. The van der Waals surface area contributed by atoms with Crippen LogP contribution in [0.5, 0.6) is 0 Å². The largest absolute Gasteiger partial charge is 0.316 e. The van der Waals surface area contributed by atoms with Crippen molar-refractivity contribution in [2.45, 2.75) is 51.6 Å². The molecule has 1 saturated heterocycles. The number of rotatable bonds is 6. The smallest absolute Gasteiger partial charge is 0.0472 e. The first kappa shape index (κ1) is 14.6. The van der Waals surface area contributed by atoms with Crippen LogP contribution in [-0.4, -0.2) is 30.6 Å². The van der Waals surface area contributed by atoms with E-state index in [1.807, 2.05) is 11.3 Å². The van der Waals surface area contributed by atoms with Crippen LogP contribution in [0.2, 0.25) is 0 Å². The monoisotopic (exact) mass is 292 g/mol. The lowest BCUT2D eigenvalue weighted by Crippen LogP contribution is -2.43. The predicted octanol–water partition coefficient (Wildman–Crippen LogP) is 3.91. The summed E-state index contributed by atoms with van der Waals surface area (Å²) in [5.74, 6) is 1.75. The molecular weight excluding hydrogens is 264 g/mol. The van der Waals surface area contributed by atoms with E-state index in [1.54, 1.807) is 4.88 Å². The van der Waals surface area contributed by atoms with E-state index in [9.17, 15) is 0 Å². The molecule has 112 valence electrons. The Kier molecular flexibility index (Phi) is 4.79. The van der Waals surface area contributed by atoms with Crippen molar-refractivity contribution in [3.05, 3.63) is 22.4 Å². The quantitative estimate of drug-likeness (QED) is 0.855. The van der Waals surface area contributed by atoms with E-state index in [-0.39, 0.29) is 0 Å². The maximum Gasteiger partial charge on any atom is 0.0472 e. The first-order valence-electron chi connectivity index (χ1n) is 8.25. The highest BCUT2D eigenvalue weighted by atomic mass is 32.1. The van der Waals surface area contributed by atoms with Gasteiger partial charge in [0.1, 0.15) is 0 Å². The fourth-order valence-electron chi connectivity index (χ4n) is 3.56. The molecule has 0 bridgehead atoms. The predicted molar refractivity (Wildman–Crippen MR) is 87.2 cm³/mol. The van der Waals surface area contributed by atoms with Crippen LogP contribution in [0, 0.1) is 11.8 Å². The van der Waals surface area contributed by atoms with Crippen LogP contribution in [0.15, 0.2) is 17.5 Å². The molecule has 2 heterocycles. The van der Waals surface area contributed by atoms with Crippen molar-refractivity contribution in [2.24, 2.45) is 11.8 Å². The zero-order valence-electron chi connectivity index (χ0n) is 12.8. The number of nitrogens with zero attached hydrogens (tertiary/aromatic N) is 1. The minimum absolute atomic E-state index is 0.643. The summed E-state index contributed by atoms with van der Waals surface area (Å²) in [7, 11) is 0. The summed E-state index contributed by atoms with van der Waals surface area (Å²) in [5, 5.41) is 5.82. The third-order valence-electron chi connectivity index (χ3n) is 4.79. The van der Waals surface area contributed by atoms with Crippen LogP contribution in [0.4, 0.5) is 0 Å². The summed E-state index contributed by atoms with van der Waals surface area (Å²) >= 11 is 1.95. The van der Waals surface area contributed by atoms with Crippen molar-refractivity contribution in [3.63, 3.8) is 0 Å². The molecule has 1 aromatic rings. The van der Waals surface area contributed by atoms with Gasteiger partial charge in [-0.05, 0) is 75.9 Å². The van der Waals surface area contributed by atoms with Crippen LogP contribution in [-0.2, 0) is 0 Å². The standard InChI is InChI=1S/C17H28N2S/c1-13(2)19(12-14-5-3-9-18-11-14)17(15-7-8-15)16-6-4-10-20-16/h4,6,10,13-15,17-18H,3,5,7-9,11-12H2,1-2H3. The van der Waals surface area contributed by atoms with Gasteiger partial charge in [0, 0.05) is 23.5 Å². The fourth-order valence-corrected chi connectivity index (χ4v) is 4.50. The highest BCUT2D eigenvalue weighted by Gasteiger charge is 2.38. The molecule has 2 atom stereocenters. The van der Waals surface area contributed by atoms with Crippen molar-refractivity contribution < 1.29 is 0 Å². The van der Waals surface area contributed by atoms with Crippen molar-refractivity contribution in [2.75, 3.05) is 19.6 Å². The number of hydrogen-bond acceptors (Lipinski definition) is 3. The zero-order valence-corrected chi connectivity index (χ0v) is 13.7. The van der Waals surface area contributed by atoms with Gasteiger partial charge in [-0.25, -0.2) is 0 Å². The number of nitrogens with one attached hydrogen (secondary N) is 1. The second kappa shape index (κ2) is 6.59. The third kappa shape index (κ3) is 3.44. The molecular formula is C17H28N2S. The summed E-state index contributed by atoms with van der Waals surface area (Å²) in [6.45, 7) is 8.45. The van der Waals surface area contributed by atoms with Crippen LogP contribution in [0.1, 0.15) is 50.4 Å². The minimum atomic E-state index is 0.643. The van der Waals surface area contributed by atoms with E-state index in [0.717, 1.165) is 11.8 Å². The van der Waals surface area contributed by atoms with Crippen LogP contribution in [0.25, 0.3) is 0 Å². The van der Waals surface area contributed by atoms with E-state index >= 15 is 0 Å². The first-order chi connectivity index (χ1) is 9.75. The van der Waals surface area contributed by atoms with E-state index in [0.29, 0.717) is 12.1 Å². The number of piperidine rings is 1. The molecule has 1 aliphatic heterocycles. The Morgan fingerprint density at radius 1 is 1.35 bits per heavy atom. The van der Waals surface area contributed by atoms with E-state index in [1.165, 1.54) is 45.3 Å². The van der Waals surface area contributed by atoms with Gasteiger partial charge in [0.25, 0.3) is 0 Å². The average molecular weight is 292 g/mol. The normalized spacial score (nSPS) is 25.3. The van der Waals surface area contributed by atoms with E-state index in [2.05, 4.69) is 41.6 Å². The van der Waals surface area contributed by atoms with Gasteiger partial charge >= 0.3 is 0 Å². The summed E-state index contributed by atoms with van der Waals surface area (Å²) in [6, 6.07) is 5.89. The lowest BCUT2D eigenvalue weighted by atomic mass is 9.96. The second-order valence-corrected chi connectivity index (χ2v) is 7.78. The van der Waals surface area contributed by atoms with Gasteiger partial charge in [0.05, 0.1) is 0 Å². The maximum atomic E-state index is 3.57. The fraction of sp³-hybridized carbons (Fsp3) is 0.765. The highest BCUT2D eigenvalue weighted by Crippen LogP contribution is 2.46. The Hall–Kier alpha value is -0.380. The van der Waals surface area contributed by atoms with Gasteiger partial charge in [-0.3, -0.25) is 4.90 Å². The van der Waals surface area contributed by atoms with E-state index in [4.69, 9.17) is 0 Å². The molecule has 1 aromatic heterocycles. The first-order valence-corrected chi connectivity index (χ1v) is 9.13. The summed E-state index contributed by atoms with van der Waals surface area (Å²) < 4.78 is 0. The molecule has 3 heteroatoms. The van der Waals surface area contributed by atoms with Gasteiger partial charge in [-0.2, -0.15) is 0 Å². The molecule has 2 unspecified atom stereocenters. The Morgan fingerprint density at radius 2 is 2.20 bits per heavy atom. The molecule has 1 aliphatic carbocycles.